The van der Waals surface area contributed by atoms with Crippen molar-refractivity contribution in [3.8, 4) is 17.2 Å². The molecule has 4 aliphatic rings. The second kappa shape index (κ2) is 10.9. The number of anilines is 2. The average Bonchev–Trinajstić information content (AvgIpc) is 3.44. The predicted molar refractivity (Wildman–Crippen MR) is 167 cm³/mol. The predicted octanol–water partition coefficient (Wildman–Crippen LogP) is 5.76. The third-order valence-corrected chi connectivity index (χ3v) is 10.2. The van der Waals surface area contributed by atoms with Gasteiger partial charge in [0, 0.05) is 33.7 Å². The van der Waals surface area contributed by atoms with E-state index >= 15 is 0 Å². The van der Waals surface area contributed by atoms with Gasteiger partial charge in [-0.1, -0.05) is 34.9 Å². The molecule has 2 aliphatic carbocycles. The molecule has 2 saturated heterocycles. The number of carbonyl (C=O) groups is 4. The first-order valence-corrected chi connectivity index (χ1v) is 15.3. The number of allylic oxidation sites excluding steroid dienone is 2. The maximum absolute atomic E-state index is 14.3. The van der Waals surface area contributed by atoms with E-state index in [9.17, 15) is 24.3 Å². The van der Waals surface area contributed by atoms with E-state index in [-0.39, 0.29) is 47.8 Å². The molecule has 3 aromatic rings. The van der Waals surface area contributed by atoms with Gasteiger partial charge in [0.1, 0.15) is 17.2 Å². The van der Waals surface area contributed by atoms with Crippen LogP contribution >= 0.6 is 23.2 Å². The molecule has 2 heterocycles. The Morgan fingerprint density at radius 1 is 0.689 bits per heavy atom. The van der Waals surface area contributed by atoms with Crippen molar-refractivity contribution in [3.63, 3.8) is 0 Å². The van der Waals surface area contributed by atoms with Gasteiger partial charge in [0.05, 0.1) is 49.3 Å². The lowest BCUT2D eigenvalue weighted by atomic mass is 9.57. The van der Waals surface area contributed by atoms with Crippen LogP contribution in [0.2, 0.25) is 10.0 Å². The molecule has 0 aromatic heterocycles. The van der Waals surface area contributed by atoms with Crippen LogP contribution in [0.15, 0.2) is 72.3 Å². The number of benzene rings is 3. The van der Waals surface area contributed by atoms with Crippen molar-refractivity contribution in [1.82, 2.24) is 0 Å². The summed E-state index contributed by atoms with van der Waals surface area (Å²) in [6, 6.07) is 15.9. The van der Waals surface area contributed by atoms with E-state index in [1.165, 1.54) is 36.2 Å². The number of phenolic OH excluding ortho intramolecular Hbond substituents is 1. The molecule has 9 nitrogen and oxygen atoms in total. The highest BCUT2D eigenvalue weighted by atomic mass is 35.5. The second-order valence-electron chi connectivity index (χ2n) is 11.8. The molecule has 3 aromatic carbocycles. The number of fused-ring (bicyclic) bond motifs is 4. The maximum Gasteiger partial charge on any atom is 0.238 e. The summed E-state index contributed by atoms with van der Waals surface area (Å²) in [5.41, 5.74) is 2.09. The Balaban J connectivity index is 1.38. The van der Waals surface area contributed by atoms with Gasteiger partial charge in [-0.25, -0.2) is 0 Å². The fourth-order valence-electron chi connectivity index (χ4n) is 7.83. The van der Waals surface area contributed by atoms with Gasteiger partial charge in [-0.2, -0.15) is 0 Å². The topological polar surface area (TPSA) is 113 Å². The lowest BCUT2D eigenvalue weighted by Gasteiger charge is -2.44. The van der Waals surface area contributed by atoms with Crippen molar-refractivity contribution < 1.29 is 33.8 Å². The van der Waals surface area contributed by atoms with E-state index in [1.807, 2.05) is 6.08 Å². The number of rotatable bonds is 5. The van der Waals surface area contributed by atoms with Crippen LogP contribution in [0.3, 0.4) is 0 Å². The van der Waals surface area contributed by atoms with Crippen molar-refractivity contribution in [1.29, 1.82) is 0 Å². The summed E-state index contributed by atoms with van der Waals surface area (Å²) in [4.78, 5) is 58.8. The molecule has 6 atom stereocenters. The third-order valence-electron chi connectivity index (χ3n) is 9.66. The molecule has 3 fully saturated rings. The number of aromatic hydroxyl groups is 1. The van der Waals surface area contributed by atoms with E-state index in [1.54, 1.807) is 48.5 Å². The summed E-state index contributed by atoms with van der Waals surface area (Å²) in [6.45, 7) is 0. The van der Waals surface area contributed by atoms with Crippen molar-refractivity contribution >= 4 is 58.2 Å². The lowest BCUT2D eigenvalue weighted by Crippen LogP contribution is -2.43. The molecule has 6 unspecified atom stereocenters. The van der Waals surface area contributed by atoms with Crippen LogP contribution in [0.25, 0.3) is 0 Å². The second-order valence-corrected chi connectivity index (χ2v) is 12.6. The normalized spacial score (nSPS) is 27.2. The Kier molecular flexibility index (Phi) is 7.13. The fraction of sp³-hybridized carbons (Fsp3) is 0.294. The average molecular weight is 648 g/mol. The van der Waals surface area contributed by atoms with E-state index in [0.29, 0.717) is 27.0 Å². The number of halogens is 2. The maximum atomic E-state index is 14.3. The number of methoxy groups -OCH3 is 2. The number of imide groups is 2. The number of hydrogen-bond donors (Lipinski definition) is 1. The van der Waals surface area contributed by atoms with Gasteiger partial charge >= 0.3 is 0 Å². The number of ether oxygens (including phenoxy) is 2. The van der Waals surface area contributed by atoms with E-state index in [2.05, 4.69) is 0 Å². The first-order valence-electron chi connectivity index (χ1n) is 14.6. The fourth-order valence-corrected chi connectivity index (χ4v) is 8.08. The molecule has 230 valence electrons. The Bertz CT molecular complexity index is 1760. The Morgan fingerprint density at radius 3 is 1.69 bits per heavy atom. The van der Waals surface area contributed by atoms with Crippen LogP contribution in [0.5, 0.6) is 17.2 Å². The Morgan fingerprint density at radius 2 is 1.18 bits per heavy atom. The van der Waals surface area contributed by atoms with Crippen molar-refractivity contribution in [2.45, 2.75) is 18.8 Å². The van der Waals surface area contributed by atoms with Gasteiger partial charge in [-0.15, -0.1) is 0 Å². The van der Waals surface area contributed by atoms with Crippen LogP contribution < -0.4 is 19.3 Å². The van der Waals surface area contributed by atoms with Crippen molar-refractivity contribution in [3.05, 3.63) is 87.9 Å². The molecule has 4 amide bonds. The zero-order valence-electron chi connectivity index (χ0n) is 24.3. The van der Waals surface area contributed by atoms with Gasteiger partial charge < -0.3 is 14.6 Å². The van der Waals surface area contributed by atoms with Crippen LogP contribution in [-0.4, -0.2) is 43.0 Å². The van der Waals surface area contributed by atoms with E-state index in [4.69, 9.17) is 32.7 Å². The van der Waals surface area contributed by atoms with Crippen molar-refractivity contribution in [2.75, 3.05) is 24.0 Å². The third kappa shape index (κ3) is 4.43. The highest BCUT2D eigenvalue weighted by Crippen LogP contribution is 2.61. The smallest absolute Gasteiger partial charge is 0.238 e. The summed E-state index contributed by atoms with van der Waals surface area (Å²) in [5.74, 6) is -5.24. The molecule has 2 aliphatic heterocycles. The van der Waals surface area contributed by atoms with Crippen LogP contribution in [0.1, 0.15) is 24.3 Å². The molecule has 11 heteroatoms. The number of nitrogens with zero attached hydrogens (tertiary/aromatic N) is 2. The first-order chi connectivity index (χ1) is 21.6. The number of phenols is 1. The first kappa shape index (κ1) is 29.4. The quantitative estimate of drug-likeness (QED) is 0.277. The highest BCUT2D eigenvalue weighted by molar-refractivity contribution is 6.31. The molecule has 0 radical (unpaired) electrons. The van der Waals surface area contributed by atoms with Crippen LogP contribution in [-0.2, 0) is 19.2 Å². The minimum Gasteiger partial charge on any atom is -0.508 e. The van der Waals surface area contributed by atoms with E-state index < -0.39 is 41.4 Å². The van der Waals surface area contributed by atoms with Crippen LogP contribution in [0, 0.1) is 29.6 Å². The summed E-state index contributed by atoms with van der Waals surface area (Å²) in [6.07, 6.45) is 2.43. The summed E-state index contributed by atoms with van der Waals surface area (Å²) >= 11 is 12.2. The van der Waals surface area contributed by atoms with E-state index in [0.717, 1.165) is 5.57 Å². The zero-order chi connectivity index (χ0) is 31.7. The van der Waals surface area contributed by atoms with Gasteiger partial charge in [0.2, 0.25) is 23.6 Å². The van der Waals surface area contributed by atoms with Crippen molar-refractivity contribution in [2.24, 2.45) is 29.6 Å². The number of amides is 4. The summed E-state index contributed by atoms with van der Waals surface area (Å²) < 4.78 is 11.4. The largest absolute Gasteiger partial charge is 0.508 e. The highest BCUT2D eigenvalue weighted by Gasteiger charge is 2.63. The zero-order valence-corrected chi connectivity index (χ0v) is 25.8. The van der Waals surface area contributed by atoms with Gasteiger partial charge in [-0.3, -0.25) is 29.0 Å². The van der Waals surface area contributed by atoms with Gasteiger partial charge in [0.15, 0.2) is 0 Å². The minimum atomic E-state index is -0.848. The Hall–Kier alpha value is -4.34. The molecule has 45 heavy (non-hydrogen) atoms. The summed E-state index contributed by atoms with van der Waals surface area (Å²) in [5, 5.41) is 11.4. The van der Waals surface area contributed by atoms with Gasteiger partial charge in [-0.05, 0) is 67.3 Å². The standard InChI is InChI=1S/C34H28Cl2N2O7/c1-44-25-13-20(39)14-26(45-2)30(25)28-21-11-12-22-27(33(42)37(31(22)40)18-7-3-16(35)4-8-18)23(21)15-24-29(28)34(43)38(32(24)41)19-9-5-17(36)6-10-19/h3-11,13-14,22-24,27-29,39H,12,15H2,1-2H3. The number of carbonyl (C=O) groups excluding carboxylic acids is 4. The van der Waals surface area contributed by atoms with Crippen LogP contribution in [0.4, 0.5) is 11.4 Å². The molecular formula is C34H28Cl2N2O7. The molecule has 1 saturated carbocycles. The Labute approximate surface area is 268 Å². The molecular weight excluding hydrogens is 619 g/mol. The molecule has 0 bridgehead atoms. The molecule has 0 spiro atoms. The monoisotopic (exact) mass is 646 g/mol. The lowest BCUT2D eigenvalue weighted by molar-refractivity contribution is -0.126. The molecule has 1 N–H and O–H groups in total. The minimum absolute atomic E-state index is 0.0964. The summed E-state index contributed by atoms with van der Waals surface area (Å²) in [7, 11) is 2.90. The SMILES string of the molecule is COc1cc(O)cc(OC)c1C1C2=CCC3C(=O)N(c4ccc(Cl)cc4)C(=O)C3C2CC2C(=O)N(c3ccc(Cl)cc3)C(=O)C21. The van der Waals surface area contributed by atoms with Gasteiger partial charge in [0.25, 0.3) is 0 Å². The number of hydrogen-bond acceptors (Lipinski definition) is 7. The molecule has 7 rings (SSSR count).